The third kappa shape index (κ3) is 3.92. The molecular formula is C22H18FNO3S. The van der Waals surface area contributed by atoms with Crippen molar-refractivity contribution in [1.29, 1.82) is 0 Å². The van der Waals surface area contributed by atoms with E-state index in [0.29, 0.717) is 23.6 Å². The fourth-order valence-electron chi connectivity index (χ4n) is 3.28. The summed E-state index contributed by atoms with van der Waals surface area (Å²) >= 11 is 0. The van der Waals surface area contributed by atoms with Crippen molar-refractivity contribution in [2.45, 2.75) is 6.61 Å². The van der Waals surface area contributed by atoms with Crippen LogP contribution in [0.25, 0.3) is 11.6 Å². The summed E-state index contributed by atoms with van der Waals surface area (Å²) in [6.45, 7) is 0.391. The largest absolute Gasteiger partial charge is 0.488 e. The monoisotopic (exact) mass is 395 g/mol. The Kier molecular flexibility index (Phi) is 4.65. The van der Waals surface area contributed by atoms with Crippen molar-refractivity contribution in [3.63, 3.8) is 0 Å². The average Bonchev–Trinajstić information content (AvgIpc) is 2.78. The first-order valence-corrected chi connectivity index (χ1v) is 10.6. The number of hydrogen-bond donors (Lipinski definition) is 1. The molecule has 3 aromatic rings. The van der Waals surface area contributed by atoms with Crippen LogP contribution in [0, 0.1) is 5.82 Å². The zero-order valence-electron chi connectivity index (χ0n) is 15.1. The minimum atomic E-state index is -3.38. The Morgan fingerprint density at radius 3 is 2.64 bits per heavy atom. The fraction of sp³-hybridized carbons (Fsp3) is 0.0909. The van der Waals surface area contributed by atoms with Gasteiger partial charge in [0.05, 0.1) is 6.26 Å². The molecule has 0 saturated heterocycles. The van der Waals surface area contributed by atoms with Gasteiger partial charge in [0.1, 0.15) is 18.2 Å². The maximum absolute atomic E-state index is 14.0. The molecule has 4 nitrogen and oxygen atoms in total. The molecule has 1 N–H and O–H groups in total. The van der Waals surface area contributed by atoms with Gasteiger partial charge in [-0.1, -0.05) is 36.4 Å². The van der Waals surface area contributed by atoms with Gasteiger partial charge in [-0.15, -0.1) is 0 Å². The number of hydrogen-bond acceptors (Lipinski definition) is 3. The number of benzene rings is 3. The summed E-state index contributed by atoms with van der Waals surface area (Å²) in [4.78, 5) is 0. The van der Waals surface area contributed by atoms with Crippen LogP contribution < -0.4 is 9.46 Å². The lowest BCUT2D eigenvalue weighted by atomic mass is 9.92. The SMILES string of the molecule is CS(=O)(=O)Nc1cccc(/C=C2\c3ccccc3COc3ccc(F)cc32)c1. The summed E-state index contributed by atoms with van der Waals surface area (Å²) < 4.78 is 45.4. The summed E-state index contributed by atoms with van der Waals surface area (Å²) in [6.07, 6.45) is 3.02. The molecule has 0 bridgehead atoms. The van der Waals surface area contributed by atoms with Crippen LogP contribution in [0.2, 0.25) is 0 Å². The average molecular weight is 395 g/mol. The number of ether oxygens (including phenoxy) is 1. The predicted molar refractivity (Wildman–Crippen MR) is 109 cm³/mol. The third-order valence-electron chi connectivity index (χ3n) is 4.42. The standard InChI is InChI=1S/C22H18FNO3S/c1-28(25,26)24-18-7-4-5-15(11-18)12-20-19-8-3-2-6-16(19)14-27-22-10-9-17(23)13-21(20)22/h2-13,24H,14H2,1H3/b20-12+. The van der Waals surface area contributed by atoms with Crippen LogP contribution in [0.15, 0.2) is 66.7 Å². The van der Waals surface area contributed by atoms with Gasteiger partial charge in [0, 0.05) is 11.3 Å². The first-order valence-electron chi connectivity index (χ1n) is 8.70. The smallest absolute Gasteiger partial charge is 0.229 e. The Hall–Kier alpha value is -3.12. The van der Waals surface area contributed by atoms with Crippen molar-refractivity contribution in [3.05, 3.63) is 94.8 Å². The summed E-state index contributed by atoms with van der Waals surface area (Å²) in [6, 6.07) is 19.3. The minimum absolute atomic E-state index is 0.347. The van der Waals surface area contributed by atoms with Crippen molar-refractivity contribution >= 4 is 27.4 Å². The molecule has 0 saturated carbocycles. The quantitative estimate of drug-likeness (QED) is 0.701. The van der Waals surface area contributed by atoms with E-state index in [2.05, 4.69) is 4.72 Å². The van der Waals surface area contributed by atoms with E-state index in [0.717, 1.165) is 28.5 Å². The summed E-state index contributed by atoms with van der Waals surface area (Å²) in [5, 5.41) is 0. The highest BCUT2D eigenvalue weighted by Gasteiger charge is 2.19. The maximum atomic E-state index is 14.0. The first kappa shape index (κ1) is 18.3. The van der Waals surface area contributed by atoms with Gasteiger partial charge in [-0.25, -0.2) is 12.8 Å². The molecule has 1 aliphatic rings. The molecule has 28 heavy (non-hydrogen) atoms. The Bertz CT molecular complexity index is 1190. The molecule has 3 aromatic carbocycles. The molecule has 0 fully saturated rings. The van der Waals surface area contributed by atoms with Crippen LogP contribution in [0.5, 0.6) is 5.75 Å². The van der Waals surface area contributed by atoms with E-state index >= 15 is 0 Å². The maximum Gasteiger partial charge on any atom is 0.229 e. The first-order chi connectivity index (χ1) is 13.4. The van der Waals surface area contributed by atoms with Crippen LogP contribution in [-0.4, -0.2) is 14.7 Å². The highest BCUT2D eigenvalue weighted by atomic mass is 32.2. The van der Waals surface area contributed by atoms with Crippen LogP contribution >= 0.6 is 0 Å². The zero-order chi connectivity index (χ0) is 19.7. The van der Waals surface area contributed by atoms with Crippen LogP contribution in [0.1, 0.15) is 22.3 Å². The number of fused-ring (bicyclic) bond motifs is 2. The Labute approximate surface area is 163 Å². The molecule has 0 atom stereocenters. The topological polar surface area (TPSA) is 55.4 Å². The summed E-state index contributed by atoms with van der Waals surface area (Å²) in [5.41, 5.74) is 4.68. The van der Waals surface area contributed by atoms with Crippen molar-refractivity contribution in [2.75, 3.05) is 11.0 Å². The van der Waals surface area contributed by atoms with Gasteiger partial charge in [-0.2, -0.15) is 0 Å². The lowest BCUT2D eigenvalue weighted by Gasteiger charge is -2.11. The molecule has 4 rings (SSSR count). The Balaban J connectivity index is 1.89. The molecule has 0 radical (unpaired) electrons. The second-order valence-electron chi connectivity index (χ2n) is 6.64. The van der Waals surface area contributed by atoms with Gasteiger partial charge < -0.3 is 4.74 Å². The molecule has 0 aromatic heterocycles. The van der Waals surface area contributed by atoms with Gasteiger partial charge in [-0.05, 0) is 58.7 Å². The molecular weight excluding hydrogens is 377 g/mol. The van der Waals surface area contributed by atoms with Gasteiger partial charge in [0.25, 0.3) is 0 Å². The number of sulfonamides is 1. The Morgan fingerprint density at radius 1 is 1.00 bits per heavy atom. The summed E-state index contributed by atoms with van der Waals surface area (Å²) in [5.74, 6) is 0.259. The lowest BCUT2D eigenvalue weighted by Crippen LogP contribution is -2.09. The number of nitrogens with one attached hydrogen (secondary N) is 1. The summed E-state index contributed by atoms with van der Waals surface area (Å²) in [7, 11) is -3.38. The van der Waals surface area contributed by atoms with Crippen molar-refractivity contribution in [3.8, 4) is 5.75 Å². The van der Waals surface area contributed by atoms with E-state index in [1.54, 1.807) is 24.3 Å². The lowest BCUT2D eigenvalue weighted by molar-refractivity contribution is 0.307. The fourth-order valence-corrected chi connectivity index (χ4v) is 3.83. The molecule has 1 aliphatic heterocycles. The highest BCUT2D eigenvalue weighted by molar-refractivity contribution is 7.92. The molecule has 1 heterocycles. The van der Waals surface area contributed by atoms with E-state index in [-0.39, 0.29) is 5.82 Å². The van der Waals surface area contributed by atoms with Gasteiger partial charge >= 0.3 is 0 Å². The third-order valence-corrected chi connectivity index (χ3v) is 5.03. The second kappa shape index (κ2) is 7.13. The molecule has 0 spiro atoms. The molecule has 142 valence electrons. The van der Waals surface area contributed by atoms with Gasteiger partial charge in [-0.3, -0.25) is 4.72 Å². The number of rotatable bonds is 3. The van der Waals surface area contributed by atoms with Crippen LogP contribution in [0.4, 0.5) is 10.1 Å². The second-order valence-corrected chi connectivity index (χ2v) is 8.39. The van der Waals surface area contributed by atoms with E-state index < -0.39 is 10.0 Å². The Morgan fingerprint density at radius 2 is 1.82 bits per heavy atom. The number of anilines is 1. The molecule has 6 heteroatoms. The van der Waals surface area contributed by atoms with Crippen molar-refractivity contribution in [1.82, 2.24) is 0 Å². The predicted octanol–water partition coefficient (Wildman–Crippen LogP) is 4.68. The van der Waals surface area contributed by atoms with Crippen LogP contribution in [0.3, 0.4) is 0 Å². The van der Waals surface area contributed by atoms with Crippen LogP contribution in [-0.2, 0) is 16.6 Å². The molecule has 0 aliphatic carbocycles. The highest BCUT2D eigenvalue weighted by Crippen LogP contribution is 2.38. The van der Waals surface area contributed by atoms with E-state index in [1.807, 2.05) is 36.4 Å². The van der Waals surface area contributed by atoms with Crippen molar-refractivity contribution in [2.24, 2.45) is 0 Å². The van der Waals surface area contributed by atoms with E-state index in [4.69, 9.17) is 4.74 Å². The van der Waals surface area contributed by atoms with Crippen molar-refractivity contribution < 1.29 is 17.5 Å². The molecule has 0 amide bonds. The van der Waals surface area contributed by atoms with E-state index in [1.165, 1.54) is 12.1 Å². The number of halogens is 1. The van der Waals surface area contributed by atoms with E-state index in [9.17, 15) is 12.8 Å². The molecule has 0 unspecified atom stereocenters. The normalized spacial score (nSPS) is 14.6. The van der Waals surface area contributed by atoms with Gasteiger partial charge in [0.2, 0.25) is 10.0 Å². The van der Waals surface area contributed by atoms with Gasteiger partial charge in [0.15, 0.2) is 0 Å². The zero-order valence-corrected chi connectivity index (χ0v) is 16.0. The minimum Gasteiger partial charge on any atom is -0.488 e.